The van der Waals surface area contributed by atoms with Gasteiger partial charge in [-0.3, -0.25) is 4.79 Å². The fourth-order valence-corrected chi connectivity index (χ4v) is 0.953. The van der Waals surface area contributed by atoms with Crippen molar-refractivity contribution in [3.05, 3.63) is 0 Å². The molecule has 0 rings (SSSR count). The molecule has 0 bridgehead atoms. The Balaban J connectivity index is 0. The van der Waals surface area contributed by atoms with Gasteiger partial charge in [0.15, 0.2) is 17.4 Å². The van der Waals surface area contributed by atoms with E-state index in [4.69, 9.17) is 5.11 Å². The Morgan fingerprint density at radius 2 is 2.00 bits per heavy atom. The molecular formula is C8H19AlO2. The van der Waals surface area contributed by atoms with E-state index in [-0.39, 0.29) is 23.3 Å². The van der Waals surface area contributed by atoms with Crippen molar-refractivity contribution in [3.63, 3.8) is 0 Å². The van der Waals surface area contributed by atoms with E-state index in [9.17, 15) is 4.79 Å². The van der Waals surface area contributed by atoms with Gasteiger partial charge < -0.3 is 5.11 Å². The van der Waals surface area contributed by atoms with Crippen LogP contribution in [0.2, 0.25) is 0 Å². The number of hydrogen-bond donors (Lipinski definition) is 1. The minimum atomic E-state index is -0.643. The Labute approximate surface area is 79.1 Å². The lowest BCUT2D eigenvalue weighted by molar-refractivity contribution is -0.142. The lowest BCUT2D eigenvalue weighted by Gasteiger charge is -2.06. The second kappa shape index (κ2) is 8.10. The highest BCUT2D eigenvalue weighted by Gasteiger charge is 2.12. The van der Waals surface area contributed by atoms with Gasteiger partial charge in [0.25, 0.3) is 0 Å². The van der Waals surface area contributed by atoms with Crippen LogP contribution < -0.4 is 0 Å². The molecule has 0 saturated carbocycles. The van der Waals surface area contributed by atoms with Gasteiger partial charge >= 0.3 is 5.97 Å². The summed E-state index contributed by atoms with van der Waals surface area (Å²) in [7, 11) is 0. The summed E-state index contributed by atoms with van der Waals surface area (Å²) in [5.41, 5.74) is 0. The van der Waals surface area contributed by atoms with Crippen LogP contribution in [0.5, 0.6) is 0 Å². The molecular weight excluding hydrogens is 155 g/mol. The average molecular weight is 174 g/mol. The van der Waals surface area contributed by atoms with Crippen molar-refractivity contribution in [2.24, 2.45) is 5.92 Å². The first-order valence-electron chi connectivity index (χ1n) is 3.95. The molecule has 0 amide bonds. The van der Waals surface area contributed by atoms with Crippen molar-refractivity contribution in [2.45, 2.75) is 39.5 Å². The van der Waals surface area contributed by atoms with Gasteiger partial charge in [-0.05, 0) is 12.8 Å². The van der Waals surface area contributed by atoms with Crippen LogP contribution in [0.1, 0.15) is 39.5 Å². The molecule has 11 heavy (non-hydrogen) atoms. The quantitative estimate of drug-likeness (QED) is 0.634. The Hall–Kier alpha value is 0.00247. The van der Waals surface area contributed by atoms with Gasteiger partial charge in [0.05, 0.1) is 5.92 Å². The molecule has 0 aliphatic rings. The van der Waals surface area contributed by atoms with Crippen LogP contribution in [-0.4, -0.2) is 28.4 Å². The van der Waals surface area contributed by atoms with Crippen molar-refractivity contribution >= 4 is 23.3 Å². The zero-order valence-corrected chi connectivity index (χ0v) is 6.76. The maximum Gasteiger partial charge on any atom is 0.306 e. The number of rotatable bonds is 5. The summed E-state index contributed by atoms with van der Waals surface area (Å²) in [6.45, 7) is 4.00. The second-order valence-corrected chi connectivity index (χ2v) is 2.59. The summed E-state index contributed by atoms with van der Waals surface area (Å²) >= 11 is 0. The van der Waals surface area contributed by atoms with Crippen LogP contribution in [0.15, 0.2) is 0 Å². The molecule has 0 aliphatic heterocycles. The largest absolute Gasteiger partial charge is 0.481 e. The number of aliphatic carboxylic acids is 1. The molecule has 0 aromatic carbocycles. The molecule has 0 fully saturated rings. The Morgan fingerprint density at radius 1 is 1.45 bits per heavy atom. The average Bonchev–Trinajstić information content (AvgIpc) is 1.89. The zero-order chi connectivity index (χ0) is 7.98. The number of unbranched alkanes of at least 4 members (excludes halogenated alkanes) is 1. The maximum atomic E-state index is 10.4. The zero-order valence-electron chi connectivity index (χ0n) is 6.76. The molecule has 3 heteroatoms. The van der Waals surface area contributed by atoms with Gasteiger partial charge in [0.1, 0.15) is 0 Å². The van der Waals surface area contributed by atoms with Crippen molar-refractivity contribution in [2.75, 3.05) is 0 Å². The van der Waals surface area contributed by atoms with Crippen molar-refractivity contribution in [1.82, 2.24) is 0 Å². The summed E-state index contributed by atoms with van der Waals surface area (Å²) < 4.78 is 0. The van der Waals surface area contributed by atoms with E-state index in [1.54, 1.807) is 0 Å². The summed E-state index contributed by atoms with van der Waals surface area (Å²) in [5.74, 6) is -0.754. The van der Waals surface area contributed by atoms with Crippen molar-refractivity contribution in [3.8, 4) is 0 Å². The third-order valence-electron chi connectivity index (χ3n) is 1.75. The molecule has 0 saturated heterocycles. The van der Waals surface area contributed by atoms with Crippen molar-refractivity contribution < 1.29 is 9.90 Å². The topological polar surface area (TPSA) is 37.3 Å². The van der Waals surface area contributed by atoms with E-state index in [0.717, 1.165) is 25.7 Å². The van der Waals surface area contributed by atoms with Gasteiger partial charge in [-0.2, -0.15) is 0 Å². The van der Waals surface area contributed by atoms with Gasteiger partial charge in [-0.25, -0.2) is 0 Å². The van der Waals surface area contributed by atoms with Crippen molar-refractivity contribution in [1.29, 1.82) is 0 Å². The fraction of sp³-hybridized carbons (Fsp3) is 0.875. The standard InChI is InChI=1S/C8H16O2.Al.3H/c1-3-5-6-7(4-2)8(9)10;;;;/h7H,3-6H2,1-2H3,(H,9,10);;;;. The molecule has 0 spiro atoms. The summed E-state index contributed by atoms with van der Waals surface area (Å²) in [6, 6.07) is 0. The first-order valence-corrected chi connectivity index (χ1v) is 3.95. The second-order valence-electron chi connectivity index (χ2n) is 2.59. The van der Waals surface area contributed by atoms with E-state index in [1.807, 2.05) is 6.92 Å². The smallest absolute Gasteiger partial charge is 0.306 e. The third-order valence-corrected chi connectivity index (χ3v) is 1.75. The molecule has 2 nitrogen and oxygen atoms in total. The predicted octanol–water partition coefficient (Wildman–Crippen LogP) is 1.10. The molecule has 0 aromatic heterocycles. The number of carboxylic acid groups (broad SMARTS) is 1. The minimum absolute atomic E-state index is 0. The molecule has 0 aliphatic carbocycles. The molecule has 0 heterocycles. The Morgan fingerprint density at radius 3 is 2.27 bits per heavy atom. The molecule has 1 N–H and O–H groups in total. The molecule has 1 unspecified atom stereocenters. The Bertz CT molecular complexity index is 104. The van der Waals surface area contributed by atoms with Gasteiger partial charge in [0.2, 0.25) is 0 Å². The number of carboxylic acids is 1. The van der Waals surface area contributed by atoms with Crippen LogP contribution in [0.4, 0.5) is 0 Å². The maximum absolute atomic E-state index is 10.4. The first-order chi connectivity index (χ1) is 4.72. The number of hydrogen-bond acceptors (Lipinski definition) is 1. The van der Waals surface area contributed by atoms with Crippen LogP contribution in [0, 0.1) is 5.92 Å². The third kappa shape index (κ3) is 6.40. The van der Waals surface area contributed by atoms with Crippen LogP contribution in [0.25, 0.3) is 0 Å². The molecule has 66 valence electrons. The number of carbonyl (C=O) groups is 1. The van der Waals surface area contributed by atoms with Gasteiger partial charge in [-0.1, -0.05) is 26.7 Å². The van der Waals surface area contributed by atoms with Crippen LogP contribution >= 0.6 is 0 Å². The van der Waals surface area contributed by atoms with Crippen LogP contribution in [0.3, 0.4) is 0 Å². The molecule has 1 atom stereocenters. The lowest BCUT2D eigenvalue weighted by Crippen LogP contribution is -2.11. The highest BCUT2D eigenvalue weighted by atomic mass is 27.0. The molecule has 0 radical (unpaired) electrons. The van der Waals surface area contributed by atoms with E-state index < -0.39 is 5.97 Å². The van der Waals surface area contributed by atoms with Gasteiger partial charge in [-0.15, -0.1) is 0 Å². The Kier molecular flexibility index (Phi) is 10.0. The minimum Gasteiger partial charge on any atom is -0.481 e. The van der Waals surface area contributed by atoms with E-state index in [2.05, 4.69) is 6.92 Å². The normalized spacial score (nSPS) is 11.8. The van der Waals surface area contributed by atoms with E-state index in [1.165, 1.54) is 0 Å². The SMILES string of the molecule is CCCCC(CC)C(=O)O.[AlH3]. The summed E-state index contributed by atoms with van der Waals surface area (Å²) in [4.78, 5) is 10.4. The van der Waals surface area contributed by atoms with E-state index >= 15 is 0 Å². The summed E-state index contributed by atoms with van der Waals surface area (Å²) in [6.07, 6.45) is 3.71. The predicted molar refractivity (Wildman–Crippen MR) is 50.9 cm³/mol. The first kappa shape index (κ1) is 13.6. The molecule has 0 aromatic rings. The van der Waals surface area contributed by atoms with E-state index in [0.29, 0.717) is 0 Å². The summed E-state index contributed by atoms with van der Waals surface area (Å²) in [5, 5.41) is 8.60. The lowest BCUT2D eigenvalue weighted by atomic mass is 10.00. The fourth-order valence-electron chi connectivity index (χ4n) is 0.953. The van der Waals surface area contributed by atoms with Gasteiger partial charge in [0, 0.05) is 0 Å². The highest BCUT2D eigenvalue weighted by Crippen LogP contribution is 2.11. The van der Waals surface area contributed by atoms with Crippen LogP contribution in [-0.2, 0) is 4.79 Å². The monoisotopic (exact) mass is 174 g/mol. The highest BCUT2D eigenvalue weighted by molar-refractivity contribution is 5.75.